The van der Waals surface area contributed by atoms with E-state index in [-0.39, 0.29) is 5.92 Å². The van der Waals surface area contributed by atoms with Crippen molar-refractivity contribution in [3.8, 4) is 0 Å². The molecule has 0 aliphatic heterocycles. The normalized spacial score (nSPS) is 13.0. The summed E-state index contributed by atoms with van der Waals surface area (Å²) in [6.07, 6.45) is 38.0. The molecule has 1 unspecified atom stereocenters. The number of carbonyl (C=O) groups excluding carboxylic acids is 1. The second-order valence-corrected chi connectivity index (χ2v) is 14.9. The zero-order valence-corrected chi connectivity index (χ0v) is 29.9. The summed E-state index contributed by atoms with van der Waals surface area (Å²) in [5.74, 6) is 0.209. The first-order valence-electron chi connectivity index (χ1n) is 18.6. The summed E-state index contributed by atoms with van der Waals surface area (Å²) in [7, 11) is 7.12. The summed E-state index contributed by atoms with van der Waals surface area (Å²) in [6, 6.07) is 0. The Morgan fingerprint density at radius 1 is 0.512 bits per heavy atom. The second-order valence-electron chi connectivity index (χ2n) is 14.0. The predicted octanol–water partition coefficient (Wildman–Crippen LogP) is 12.7. The summed E-state index contributed by atoms with van der Waals surface area (Å²) in [5, 5.41) is 0. The molecule has 41 heavy (non-hydrogen) atoms. The van der Waals surface area contributed by atoms with Gasteiger partial charge in [0.25, 0.3) is 0 Å². The Kier molecular flexibility index (Phi) is 31.5. The van der Waals surface area contributed by atoms with Crippen LogP contribution in [0.3, 0.4) is 0 Å². The molecular formula is C37H76NO2P. The molecule has 0 aromatic carbocycles. The minimum Gasteiger partial charge on any atom is -0.546 e. The molecule has 0 aromatic rings. The standard InChI is InChI=1S/C37H76NO2P/c1-6-8-10-12-14-16-18-20-21-23-25-27-29-31-33-36(37(39)41-40-35-34-38(3,4)5)32-30-28-26-24-22-19-17-15-13-11-9-7-2/h36H,6-35H2,1-5H3. The third-order valence-corrected chi connectivity index (χ3v) is 9.53. The first-order chi connectivity index (χ1) is 19.9. The third kappa shape index (κ3) is 32.8. The Balaban J connectivity index is 4.00. The van der Waals surface area contributed by atoms with Gasteiger partial charge in [-0.15, -0.1) is 0 Å². The fourth-order valence-electron chi connectivity index (χ4n) is 5.71. The van der Waals surface area contributed by atoms with Gasteiger partial charge in [0.1, 0.15) is 0 Å². The van der Waals surface area contributed by atoms with Gasteiger partial charge in [-0.25, -0.2) is 0 Å². The van der Waals surface area contributed by atoms with E-state index in [0.29, 0.717) is 20.9 Å². The van der Waals surface area contributed by atoms with Crippen molar-refractivity contribution in [1.82, 2.24) is 0 Å². The van der Waals surface area contributed by atoms with Gasteiger partial charge in [0.05, 0.1) is 34.3 Å². The Hall–Kier alpha value is 0.0200. The fourth-order valence-corrected chi connectivity index (χ4v) is 6.41. The zero-order chi connectivity index (χ0) is 30.3. The van der Waals surface area contributed by atoms with Crippen LogP contribution in [0, 0.1) is 5.92 Å². The van der Waals surface area contributed by atoms with Crippen molar-refractivity contribution in [3.63, 3.8) is 0 Å². The van der Waals surface area contributed by atoms with E-state index in [9.17, 15) is 4.79 Å². The van der Waals surface area contributed by atoms with Gasteiger partial charge in [-0.05, 0) is 18.8 Å². The molecule has 0 bridgehead atoms. The van der Waals surface area contributed by atoms with Crippen LogP contribution in [0.5, 0.6) is 0 Å². The highest BCUT2D eigenvalue weighted by Gasteiger charge is 2.12. The van der Waals surface area contributed by atoms with Crippen molar-refractivity contribution in [3.05, 3.63) is 0 Å². The van der Waals surface area contributed by atoms with Crippen molar-refractivity contribution < 1.29 is 13.8 Å². The molecule has 0 radical (unpaired) electrons. The largest absolute Gasteiger partial charge is 0.546 e. The molecule has 3 nitrogen and oxygen atoms in total. The van der Waals surface area contributed by atoms with Crippen LogP contribution in [-0.2, 0) is 9.32 Å². The lowest BCUT2D eigenvalue weighted by Gasteiger charge is -2.29. The van der Waals surface area contributed by atoms with Crippen LogP contribution in [0.25, 0.3) is 0 Å². The molecule has 0 spiro atoms. The third-order valence-electron chi connectivity index (χ3n) is 8.67. The molecule has 246 valence electrons. The SMILES string of the molecule is CCCCCCCCCCCCCCCCC(CCCCCCCCCCCCCC)C(=O)[P-]OCC[N+](C)(C)C. The van der Waals surface area contributed by atoms with E-state index in [2.05, 4.69) is 35.0 Å². The average molecular weight is 598 g/mol. The van der Waals surface area contributed by atoms with Gasteiger partial charge in [-0.1, -0.05) is 181 Å². The van der Waals surface area contributed by atoms with Gasteiger partial charge in [0.2, 0.25) is 0 Å². The van der Waals surface area contributed by atoms with Crippen LogP contribution < -0.4 is 0 Å². The molecule has 0 aliphatic carbocycles. The lowest BCUT2D eigenvalue weighted by Crippen LogP contribution is -2.37. The smallest absolute Gasteiger partial charge is 0.0989 e. The van der Waals surface area contributed by atoms with E-state index < -0.39 is 0 Å². The number of nitrogens with zero attached hydrogens (tertiary/aromatic N) is 1. The molecule has 0 N–H and O–H groups in total. The summed E-state index contributed by atoms with van der Waals surface area (Å²) in [4.78, 5) is 13.0. The van der Waals surface area contributed by atoms with Crippen LogP contribution in [0.2, 0.25) is 0 Å². The first kappa shape index (κ1) is 41.0. The molecule has 4 heteroatoms. The minimum atomic E-state index is 0.209. The quantitative estimate of drug-likeness (QED) is 0.0419. The molecule has 1 atom stereocenters. The topological polar surface area (TPSA) is 26.3 Å². The maximum absolute atomic E-state index is 13.0. The second kappa shape index (κ2) is 31.4. The van der Waals surface area contributed by atoms with Crippen LogP contribution in [-0.4, -0.2) is 44.3 Å². The Bertz CT molecular complexity index is 534. The maximum atomic E-state index is 13.0. The van der Waals surface area contributed by atoms with E-state index in [0.717, 1.165) is 23.9 Å². The number of likely N-dealkylation sites (N-methyl/N-ethyl adjacent to an activating group) is 1. The van der Waals surface area contributed by atoms with Crippen molar-refractivity contribution in [2.75, 3.05) is 34.3 Å². The zero-order valence-electron chi connectivity index (χ0n) is 29.0. The van der Waals surface area contributed by atoms with Crippen molar-refractivity contribution in [1.29, 1.82) is 0 Å². The highest BCUT2D eigenvalue weighted by molar-refractivity contribution is 7.53. The molecule has 0 heterocycles. The van der Waals surface area contributed by atoms with Gasteiger partial charge in [0.15, 0.2) is 0 Å². The number of unbranched alkanes of at least 4 members (excludes halogenated alkanes) is 24. The van der Waals surface area contributed by atoms with Crippen molar-refractivity contribution in [2.45, 2.75) is 194 Å². The summed E-state index contributed by atoms with van der Waals surface area (Å²) < 4.78 is 6.68. The van der Waals surface area contributed by atoms with Crippen LogP contribution >= 0.6 is 8.81 Å². The van der Waals surface area contributed by atoms with Gasteiger partial charge < -0.3 is 22.6 Å². The predicted molar refractivity (Wildman–Crippen MR) is 185 cm³/mol. The van der Waals surface area contributed by atoms with Crippen LogP contribution in [0.1, 0.15) is 194 Å². The van der Waals surface area contributed by atoms with Crippen LogP contribution in [0.4, 0.5) is 0 Å². The van der Waals surface area contributed by atoms with Crippen molar-refractivity contribution >= 4 is 14.3 Å². The van der Waals surface area contributed by atoms with E-state index in [1.807, 2.05) is 0 Å². The molecule has 0 aliphatic rings. The number of quaternary nitrogens is 1. The van der Waals surface area contributed by atoms with Crippen molar-refractivity contribution in [2.24, 2.45) is 5.92 Å². The lowest BCUT2D eigenvalue weighted by atomic mass is 9.95. The molecular weight excluding hydrogens is 521 g/mol. The molecule has 0 rings (SSSR count). The summed E-state index contributed by atoms with van der Waals surface area (Å²) in [6.45, 7) is 6.20. The Morgan fingerprint density at radius 2 is 0.805 bits per heavy atom. The lowest BCUT2D eigenvalue weighted by molar-refractivity contribution is -0.870. The average Bonchev–Trinajstić information content (AvgIpc) is 2.94. The molecule has 0 amide bonds. The number of carbonyl (C=O) groups is 1. The highest BCUT2D eigenvalue weighted by Crippen LogP contribution is 2.28. The summed E-state index contributed by atoms with van der Waals surface area (Å²) in [5.41, 5.74) is 0.337. The van der Waals surface area contributed by atoms with E-state index in [1.54, 1.807) is 0 Å². The van der Waals surface area contributed by atoms with Gasteiger partial charge >= 0.3 is 0 Å². The fraction of sp³-hybridized carbons (Fsp3) is 0.973. The molecule has 0 fully saturated rings. The maximum Gasteiger partial charge on any atom is 0.0989 e. The molecule has 0 saturated carbocycles. The Labute approximate surface area is 261 Å². The number of rotatable bonds is 34. The van der Waals surface area contributed by atoms with E-state index in [4.69, 9.17) is 4.52 Å². The van der Waals surface area contributed by atoms with Gasteiger partial charge in [-0.3, -0.25) is 0 Å². The molecule has 0 aromatic heterocycles. The van der Waals surface area contributed by atoms with Gasteiger partial charge in [0, 0.05) is 5.52 Å². The molecule has 0 saturated heterocycles. The Morgan fingerprint density at radius 3 is 1.10 bits per heavy atom. The number of hydrogen-bond donors (Lipinski definition) is 0. The first-order valence-corrected chi connectivity index (χ1v) is 19.4. The van der Waals surface area contributed by atoms with E-state index in [1.165, 1.54) is 167 Å². The monoisotopic (exact) mass is 598 g/mol. The van der Waals surface area contributed by atoms with E-state index >= 15 is 0 Å². The van der Waals surface area contributed by atoms with Gasteiger partial charge in [-0.2, -0.15) is 0 Å². The highest BCUT2D eigenvalue weighted by atomic mass is 31.1. The minimum absolute atomic E-state index is 0.209. The summed E-state index contributed by atoms with van der Waals surface area (Å²) >= 11 is 0. The number of hydrogen-bond acceptors (Lipinski definition) is 2. The van der Waals surface area contributed by atoms with Crippen LogP contribution in [0.15, 0.2) is 0 Å².